The number of hydrogen-bond acceptors (Lipinski definition) is 4. The lowest BCUT2D eigenvalue weighted by atomic mass is 10.2. The fraction of sp³-hybridized carbons (Fsp3) is 0.182. The van der Waals surface area contributed by atoms with E-state index in [9.17, 15) is 0 Å². The van der Waals surface area contributed by atoms with E-state index < -0.39 is 0 Å². The molecule has 2 aromatic rings. The number of aromatic nitrogens is 3. The zero-order valence-electron chi connectivity index (χ0n) is 8.81. The van der Waals surface area contributed by atoms with E-state index in [1.165, 1.54) is 0 Å². The van der Waals surface area contributed by atoms with Gasteiger partial charge in [0.15, 0.2) is 5.82 Å². The number of nitrogens with zero attached hydrogens (tertiary/aromatic N) is 3. The first-order valence-corrected chi connectivity index (χ1v) is 5.74. The Morgan fingerprint density at radius 2 is 1.94 bits per heavy atom. The van der Waals surface area contributed by atoms with E-state index in [1.54, 1.807) is 12.4 Å². The molecule has 2 N–H and O–H groups in total. The SMILES string of the molecule is CCc1nc(-c2ccncc2)nc(N)c1Br. The molecule has 0 aliphatic carbocycles. The van der Waals surface area contributed by atoms with E-state index in [4.69, 9.17) is 5.73 Å². The Morgan fingerprint density at radius 1 is 1.25 bits per heavy atom. The Bertz CT molecular complexity index is 499. The highest BCUT2D eigenvalue weighted by Crippen LogP contribution is 2.24. The summed E-state index contributed by atoms with van der Waals surface area (Å²) in [5, 5.41) is 0. The van der Waals surface area contributed by atoms with Crippen molar-refractivity contribution in [2.45, 2.75) is 13.3 Å². The summed E-state index contributed by atoms with van der Waals surface area (Å²) >= 11 is 3.38. The van der Waals surface area contributed by atoms with Crippen LogP contribution in [-0.4, -0.2) is 15.0 Å². The number of hydrogen-bond donors (Lipinski definition) is 1. The maximum absolute atomic E-state index is 5.82. The molecule has 0 fully saturated rings. The first-order chi connectivity index (χ1) is 7.72. The second-order valence-electron chi connectivity index (χ2n) is 3.28. The van der Waals surface area contributed by atoms with Crippen LogP contribution in [0.15, 0.2) is 29.0 Å². The molecule has 0 aromatic carbocycles. The van der Waals surface area contributed by atoms with Gasteiger partial charge in [0.2, 0.25) is 0 Å². The number of nitrogens with two attached hydrogens (primary N) is 1. The summed E-state index contributed by atoms with van der Waals surface area (Å²) < 4.78 is 0.785. The van der Waals surface area contributed by atoms with Crippen LogP contribution in [0.3, 0.4) is 0 Å². The Morgan fingerprint density at radius 3 is 2.56 bits per heavy atom. The van der Waals surface area contributed by atoms with E-state index in [1.807, 2.05) is 19.1 Å². The Kier molecular flexibility index (Phi) is 3.14. The molecule has 2 rings (SSSR count). The molecule has 0 unspecified atom stereocenters. The van der Waals surface area contributed by atoms with Gasteiger partial charge in [0.05, 0.1) is 10.2 Å². The molecule has 0 radical (unpaired) electrons. The molecule has 0 bridgehead atoms. The van der Waals surface area contributed by atoms with Gasteiger partial charge in [-0.15, -0.1) is 0 Å². The Labute approximate surface area is 102 Å². The minimum Gasteiger partial charge on any atom is -0.383 e. The van der Waals surface area contributed by atoms with Crippen LogP contribution in [0.4, 0.5) is 5.82 Å². The summed E-state index contributed by atoms with van der Waals surface area (Å²) in [7, 11) is 0. The first-order valence-electron chi connectivity index (χ1n) is 4.94. The number of halogens is 1. The second kappa shape index (κ2) is 4.57. The average molecular weight is 279 g/mol. The highest BCUT2D eigenvalue weighted by Gasteiger charge is 2.09. The van der Waals surface area contributed by atoms with Crippen molar-refractivity contribution in [3.05, 3.63) is 34.7 Å². The number of anilines is 1. The van der Waals surface area contributed by atoms with Gasteiger partial charge in [-0.3, -0.25) is 4.98 Å². The van der Waals surface area contributed by atoms with Crippen molar-refractivity contribution >= 4 is 21.7 Å². The maximum atomic E-state index is 5.82. The molecule has 2 aromatic heterocycles. The van der Waals surface area contributed by atoms with Gasteiger partial charge in [-0.05, 0) is 34.5 Å². The molecule has 16 heavy (non-hydrogen) atoms. The molecule has 0 saturated carbocycles. The zero-order chi connectivity index (χ0) is 11.5. The molecule has 0 aliphatic heterocycles. The van der Waals surface area contributed by atoms with Crippen LogP contribution in [0.1, 0.15) is 12.6 Å². The summed E-state index contributed by atoms with van der Waals surface area (Å²) in [4.78, 5) is 12.7. The molecule has 5 heteroatoms. The normalized spacial score (nSPS) is 10.4. The van der Waals surface area contributed by atoms with Gasteiger partial charge in [0.25, 0.3) is 0 Å². The molecule has 0 amide bonds. The van der Waals surface area contributed by atoms with Gasteiger partial charge in [-0.1, -0.05) is 6.92 Å². The highest BCUT2D eigenvalue weighted by atomic mass is 79.9. The summed E-state index contributed by atoms with van der Waals surface area (Å²) in [5.74, 6) is 1.11. The molecule has 0 aliphatic rings. The quantitative estimate of drug-likeness (QED) is 0.917. The van der Waals surface area contributed by atoms with Gasteiger partial charge < -0.3 is 5.73 Å². The lowest BCUT2D eigenvalue weighted by Gasteiger charge is -2.07. The van der Waals surface area contributed by atoms with Crippen molar-refractivity contribution in [2.24, 2.45) is 0 Å². The molecule has 2 heterocycles. The van der Waals surface area contributed by atoms with E-state index in [0.717, 1.165) is 22.2 Å². The first kappa shape index (κ1) is 11.0. The lowest BCUT2D eigenvalue weighted by Crippen LogP contribution is -2.02. The Balaban J connectivity index is 2.55. The van der Waals surface area contributed by atoms with Gasteiger partial charge in [0, 0.05) is 18.0 Å². The van der Waals surface area contributed by atoms with Crippen LogP contribution >= 0.6 is 15.9 Å². The summed E-state index contributed by atoms with van der Waals surface area (Å²) in [6.45, 7) is 2.03. The predicted molar refractivity (Wildman–Crippen MR) is 66.8 cm³/mol. The van der Waals surface area contributed by atoms with Gasteiger partial charge in [-0.2, -0.15) is 0 Å². The average Bonchev–Trinajstić information content (AvgIpc) is 2.33. The standard InChI is InChI=1S/C11H11BrN4/c1-2-8-9(12)10(13)16-11(15-8)7-3-5-14-6-4-7/h3-6H,2H2,1H3,(H2,13,15,16). The van der Waals surface area contributed by atoms with Crippen molar-refractivity contribution in [2.75, 3.05) is 5.73 Å². The van der Waals surface area contributed by atoms with E-state index in [0.29, 0.717) is 11.6 Å². The third kappa shape index (κ3) is 2.04. The van der Waals surface area contributed by atoms with Gasteiger partial charge >= 0.3 is 0 Å². The van der Waals surface area contributed by atoms with Crippen LogP contribution in [0, 0.1) is 0 Å². The van der Waals surface area contributed by atoms with Crippen molar-refractivity contribution < 1.29 is 0 Å². The second-order valence-corrected chi connectivity index (χ2v) is 4.08. The molecule has 4 nitrogen and oxygen atoms in total. The van der Waals surface area contributed by atoms with Crippen molar-refractivity contribution in [1.29, 1.82) is 0 Å². The minimum atomic E-state index is 0.471. The molecule has 82 valence electrons. The lowest BCUT2D eigenvalue weighted by molar-refractivity contribution is 0.995. The molecular weight excluding hydrogens is 268 g/mol. The topological polar surface area (TPSA) is 64.7 Å². The molecular formula is C11H11BrN4. The van der Waals surface area contributed by atoms with Crippen molar-refractivity contribution in [3.8, 4) is 11.4 Å². The van der Waals surface area contributed by atoms with Gasteiger partial charge in [0.1, 0.15) is 5.82 Å². The Hall–Kier alpha value is -1.49. The highest BCUT2D eigenvalue weighted by molar-refractivity contribution is 9.10. The van der Waals surface area contributed by atoms with Crippen LogP contribution in [0.2, 0.25) is 0 Å². The fourth-order valence-electron chi connectivity index (χ4n) is 1.38. The molecule has 0 spiro atoms. The molecule has 0 saturated heterocycles. The van der Waals surface area contributed by atoms with Crippen LogP contribution < -0.4 is 5.73 Å². The van der Waals surface area contributed by atoms with Crippen LogP contribution in [-0.2, 0) is 6.42 Å². The summed E-state index contributed by atoms with van der Waals surface area (Å²) in [6.07, 6.45) is 4.23. The van der Waals surface area contributed by atoms with Crippen LogP contribution in [0.5, 0.6) is 0 Å². The van der Waals surface area contributed by atoms with Crippen molar-refractivity contribution in [1.82, 2.24) is 15.0 Å². The fourth-order valence-corrected chi connectivity index (χ4v) is 1.83. The van der Waals surface area contributed by atoms with E-state index in [-0.39, 0.29) is 0 Å². The largest absolute Gasteiger partial charge is 0.383 e. The zero-order valence-corrected chi connectivity index (χ0v) is 10.4. The maximum Gasteiger partial charge on any atom is 0.161 e. The van der Waals surface area contributed by atoms with E-state index in [2.05, 4.69) is 30.9 Å². The number of aryl methyl sites for hydroxylation is 1. The third-order valence-electron chi connectivity index (χ3n) is 2.22. The number of rotatable bonds is 2. The minimum absolute atomic E-state index is 0.471. The number of nitrogen functional groups attached to an aromatic ring is 1. The monoisotopic (exact) mass is 278 g/mol. The smallest absolute Gasteiger partial charge is 0.161 e. The van der Waals surface area contributed by atoms with E-state index >= 15 is 0 Å². The summed E-state index contributed by atoms with van der Waals surface area (Å²) in [5.41, 5.74) is 7.66. The molecule has 0 atom stereocenters. The van der Waals surface area contributed by atoms with Crippen LogP contribution in [0.25, 0.3) is 11.4 Å². The van der Waals surface area contributed by atoms with Gasteiger partial charge in [-0.25, -0.2) is 9.97 Å². The third-order valence-corrected chi connectivity index (χ3v) is 3.08. The number of pyridine rings is 1. The van der Waals surface area contributed by atoms with Crippen molar-refractivity contribution in [3.63, 3.8) is 0 Å². The summed E-state index contributed by atoms with van der Waals surface area (Å²) in [6, 6.07) is 3.73. The predicted octanol–water partition coefficient (Wildman–Crippen LogP) is 2.45.